The molecule has 0 saturated heterocycles. The minimum absolute atomic E-state index is 0.265. The van der Waals surface area contributed by atoms with Crippen LogP contribution in [0, 0.1) is 12.7 Å². The normalized spacial score (nSPS) is 10.7. The molecule has 0 bridgehead atoms. The number of halogens is 1. The third-order valence-corrected chi connectivity index (χ3v) is 4.36. The first kappa shape index (κ1) is 17.0. The Hall–Kier alpha value is -3.47. The molecule has 3 aromatic carbocycles. The van der Waals surface area contributed by atoms with E-state index in [4.69, 9.17) is 4.74 Å². The average molecular weight is 359 g/mol. The third kappa shape index (κ3) is 3.72. The molecular formula is C22H18FN3O. The van der Waals surface area contributed by atoms with Crippen molar-refractivity contribution in [1.29, 1.82) is 0 Å². The Kier molecular flexibility index (Phi) is 4.66. The van der Waals surface area contributed by atoms with Crippen molar-refractivity contribution in [2.24, 2.45) is 0 Å². The van der Waals surface area contributed by atoms with Crippen LogP contribution in [0.5, 0.6) is 5.75 Å². The van der Waals surface area contributed by atoms with Crippen LogP contribution in [0.25, 0.3) is 10.9 Å². The molecule has 1 heterocycles. The molecule has 0 unspecified atom stereocenters. The lowest BCUT2D eigenvalue weighted by Gasteiger charge is -2.15. The molecule has 0 radical (unpaired) electrons. The van der Waals surface area contributed by atoms with Crippen LogP contribution >= 0.6 is 0 Å². The summed E-state index contributed by atoms with van der Waals surface area (Å²) in [6, 6.07) is 20.1. The lowest BCUT2D eigenvalue weighted by Crippen LogP contribution is -2.01. The number of aromatic nitrogens is 2. The van der Waals surface area contributed by atoms with Crippen LogP contribution in [0.4, 0.5) is 15.9 Å². The number of hydrogen-bond donors (Lipinski definition) is 1. The van der Waals surface area contributed by atoms with Crippen molar-refractivity contribution in [2.75, 3.05) is 5.32 Å². The number of fused-ring (bicyclic) bond motifs is 1. The fraction of sp³-hybridized carbons (Fsp3) is 0.0909. The third-order valence-electron chi connectivity index (χ3n) is 4.36. The Morgan fingerprint density at radius 3 is 2.70 bits per heavy atom. The molecule has 0 saturated carbocycles. The van der Waals surface area contributed by atoms with Gasteiger partial charge in [-0.1, -0.05) is 30.3 Å². The zero-order valence-corrected chi connectivity index (χ0v) is 14.8. The van der Waals surface area contributed by atoms with Crippen molar-refractivity contribution in [1.82, 2.24) is 9.97 Å². The highest BCUT2D eigenvalue weighted by atomic mass is 19.1. The Bertz CT molecular complexity index is 1090. The largest absolute Gasteiger partial charge is 0.489 e. The highest BCUT2D eigenvalue weighted by molar-refractivity contribution is 5.90. The second kappa shape index (κ2) is 7.41. The summed E-state index contributed by atoms with van der Waals surface area (Å²) in [4.78, 5) is 8.66. The molecule has 1 aromatic heterocycles. The molecule has 0 aliphatic carbocycles. The topological polar surface area (TPSA) is 47.0 Å². The standard InChI is InChI=1S/C22H18FN3O/c1-15-19(26-22-18-8-2-3-9-20(18)24-14-25-22)10-5-11-21(15)27-13-16-6-4-7-17(23)12-16/h2-12,14H,13H2,1H3,(H,24,25,26). The molecular weight excluding hydrogens is 341 g/mol. The second-order valence-corrected chi connectivity index (χ2v) is 6.21. The summed E-state index contributed by atoms with van der Waals surface area (Å²) < 4.78 is 19.2. The molecule has 4 aromatic rings. The van der Waals surface area contributed by atoms with Gasteiger partial charge in [0.2, 0.25) is 0 Å². The van der Waals surface area contributed by atoms with E-state index in [0.717, 1.165) is 39.3 Å². The maximum absolute atomic E-state index is 13.3. The summed E-state index contributed by atoms with van der Waals surface area (Å²) in [7, 11) is 0. The van der Waals surface area contributed by atoms with Crippen LogP contribution in [0.3, 0.4) is 0 Å². The van der Waals surface area contributed by atoms with E-state index in [1.54, 1.807) is 12.4 Å². The Labute approximate surface area is 156 Å². The molecule has 0 fully saturated rings. The molecule has 0 atom stereocenters. The lowest BCUT2D eigenvalue weighted by molar-refractivity contribution is 0.303. The maximum Gasteiger partial charge on any atom is 0.141 e. The zero-order chi connectivity index (χ0) is 18.6. The van der Waals surface area contributed by atoms with Gasteiger partial charge in [0.15, 0.2) is 0 Å². The highest BCUT2D eigenvalue weighted by Gasteiger charge is 2.09. The van der Waals surface area contributed by atoms with Gasteiger partial charge in [-0.3, -0.25) is 0 Å². The zero-order valence-electron chi connectivity index (χ0n) is 14.8. The predicted octanol–water partition coefficient (Wildman–Crippen LogP) is 5.40. The highest BCUT2D eigenvalue weighted by Crippen LogP contribution is 2.30. The minimum atomic E-state index is -0.265. The number of para-hydroxylation sites is 1. The van der Waals surface area contributed by atoms with Gasteiger partial charge in [0.05, 0.1) is 5.52 Å². The summed E-state index contributed by atoms with van der Waals surface area (Å²) in [6.45, 7) is 2.28. The number of nitrogens with zero attached hydrogens (tertiary/aromatic N) is 2. The summed E-state index contributed by atoms with van der Waals surface area (Å²) >= 11 is 0. The maximum atomic E-state index is 13.3. The second-order valence-electron chi connectivity index (χ2n) is 6.21. The van der Waals surface area contributed by atoms with Gasteiger partial charge >= 0.3 is 0 Å². The van der Waals surface area contributed by atoms with E-state index in [0.29, 0.717) is 6.61 Å². The van der Waals surface area contributed by atoms with E-state index in [1.807, 2.05) is 55.5 Å². The van der Waals surface area contributed by atoms with Crippen LogP contribution < -0.4 is 10.1 Å². The molecule has 0 amide bonds. The van der Waals surface area contributed by atoms with Gasteiger partial charge in [0.25, 0.3) is 0 Å². The quantitative estimate of drug-likeness (QED) is 0.518. The van der Waals surface area contributed by atoms with Crippen molar-refractivity contribution in [3.8, 4) is 5.75 Å². The fourth-order valence-electron chi connectivity index (χ4n) is 2.93. The van der Waals surface area contributed by atoms with Crippen LogP contribution in [-0.2, 0) is 6.61 Å². The van der Waals surface area contributed by atoms with Crippen molar-refractivity contribution < 1.29 is 9.13 Å². The molecule has 1 N–H and O–H groups in total. The first-order chi connectivity index (χ1) is 13.2. The molecule has 4 rings (SSSR count). The van der Waals surface area contributed by atoms with E-state index >= 15 is 0 Å². The number of nitrogens with one attached hydrogen (secondary N) is 1. The number of rotatable bonds is 5. The van der Waals surface area contributed by atoms with Crippen LogP contribution in [-0.4, -0.2) is 9.97 Å². The molecule has 0 spiro atoms. The minimum Gasteiger partial charge on any atom is -0.489 e. The number of anilines is 2. The van der Waals surface area contributed by atoms with E-state index in [1.165, 1.54) is 12.1 Å². The van der Waals surface area contributed by atoms with Gasteiger partial charge < -0.3 is 10.1 Å². The van der Waals surface area contributed by atoms with Crippen molar-refractivity contribution in [2.45, 2.75) is 13.5 Å². The molecule has 4 nitrogen and oxygen atoms in total. The van der Waals surface area contributed by atoms with Crippen LogP contribution in [0.1, 0.15) is 11.1 Å². The Balaban J connectivity index is 1.58. The van der Waals surface area contributed by atoms with Gasteiger partial charge in [-0.2, -0.15) is 0 Å². The van der Waals surface area contributed by atoms with Crippen LogP contribution in [0.2, 0.25) is 0 Å². The molecule has 5 heteroatoms. The average Bonchev–Trinajstić information content (AvgIpc) is 2.69. The monoisotopic (exact) mass is 359 g/mol. The first-order valence-electron chi connectivity index (χ1n) is 8.64. The predicted molar refractivity (Wildman–Crippen MR) is 105 cm³/mol. The van der Waals surface area contributed by atoms with Crippen molar-refractivity contribution in [3.05, 3.63) is 90.0 Å². The van der Waals surface area contributed by atoms with Gasteiger partial charge in [-0.25, -0.2) is 14.4 Å². The summed E-state index contributed by atoms with van der Waals surface area (Å²) in [5.74, 6) is 1.22. The van der Waals surface area contributed by atoms with Gasteiger partial charge in [-0.05, 0) is 48.9 Å². The number of benzene rings is 3. The molecule has 0 aliphatic rings. The summed E-state index contributed by atoms with van der Waals surface area (Å²) in [6.07, 6.45) is 1.55. The lowest BCUT2D eigenvalue weighted by atomic mass is 10.1. The van der Waals surface area contributed by atoms with Gasteiger partial charge in [0.1, 0.15) is 30.3 Å². The first-order valence-corrected chi connectivity index (χ1v) is 8.64. The molecule has 27 heavy (non-hydrogen) atoms. The smallest absolute Gasteiger partial charge is 0.141 e. The van der Waals surface area contributed by atoms with Crippen LogP contribution in [0.15, 0.2) is 73.1 Å². The molecule has 0 aliphatic heterocycles. The number of hydrogen-bond acceptors (Lipinski definition) is 4. The summed E-state index contributed by atoms with van der Waals surface area (Å²) in [5.41, 5.74) is 3.52. The SMILES string of the molecule is Cc1c(Nc2ncnc3ccccc23)cccc1OCc1cccc(F)c1. The summed E-state index contributed by atoms with van der Waals surface area (Å²) in [5, 5.41) is 4.32. The van der Waals surface area contributed by atoms with E-state index in [9.17, 15) is 4.39 Å². The van der Waals surface area contributed by atoms with E-state index in [-0.39, 0.29) is 5.82 Å². The fourth-order valence-corrected chi connectivity index (χ4v) is 2.93. The molecule has 134 valence electrons. The van der Waals surface area contributed by atoms with E-state index < -0.39 is 0 Å². The van der Waals surface area contributed by atoms with Gasteiger partial charge in [-0.15, -0.1) is 0 Å². The van der Waals surface area contributed by atoms with E-state index in [2.05, 4.69) is 15.3 Å². The Morgan fingerprint density at radius 2 is 1.81 bits per heavy atom. The Morgan fingerprint density at radius 1 is 0.963 bits per heavy atom. The van der Waals surface area contributed by atoms with Gasteiger partial charge in [0, 0.05) is 16.6 Å². The van der Waals surface area contributed by atoms with Crippen molar-refractivity contribution >= 4 is 22.4 Å². The number of ether oxygens (including phenoxy) is 1. The van der Waals surface area contributed by atoms with Crippen molar-refractivity contribution in [3.63, 3.8) is 0 Å².